The van der Waals surface area contributed by atoms with E-state index < -0.39 is 25.5 Å². The number of nitrogens with one attached hydrogen (secondary N) is 1. The summed E-state index contributed by atoms with van der Waals surface area (Å²) in [6, 6.07) is 2.66. The summed E-state index contributed by atoms with van der Waals surface area (Å²) in [4.78, 5) is 7.50. The first kappa shape index (κ1) is 36.2. The Morgan fingerprint density at radius 2 is 1.29 bits per heavy atom. The molecule has 8 nitrogen and oxygen atoms in total. The van der Waals surface area contributed by atoms with Crippen LogP contribution in [-0.4, -0.2) is 92.5 Å². The molecule has 1 aromatic heterocycles. The van der Waals surface area contributed by atoms with Gasteiger partial charge in [-0.1, -0.05) is 90.4 Å². The molecule has 1 aromatic carbocycles. The summed E-state index contributed by atoms with van der Waals surface area (Å²) in [6.07, 6.45) is 19.0. The maximum atomic E-state index is 11.7. The number of hydrogen-bond donors (Lipinski definition) is 3. The van der Waals surface area contributed by atoms with E-state index in [9.17, 15) is 25.9 Å². The number of aryl methyl sites for hydroxylation is 2. The minimum atomic E-state index is -4.44. The summed E-state index contributed by atoms with van der Waals surface area (Å²) < 4.78 is 64.9. The molecule has 0 aliphatic rings. The molecule has 1 radical (unpaired) electrons. The van der Waals surface area contributed by atoms with Crippen molar-refractivity contribution in [1.29, 1.82) is 0 Å². The molecule has 0 amide bonds. The molecule has 38 heavy (non-hydrogen) atoms. The SMILES string of the molecule is CCCCCCCCCCCCCCCCc1nc2cc(S(=O)(=O)O)cc(CCC(C)S(=O)(=O)O)c2[nH]1.[K]. The van der Waals surface area contributed by atoms with Crippen LogP contribution in [0.15, 0.2) is 17.0 Å². The van der Waals surface area contributed by atoms with Crippen LogP contribution < -0.4 is 0 Å². The first-order valence-electron chi connectivity index (χ1n) is 14.0. The summed E-state index contributed by atoms with van der Waals surface area (Å²) in [6.45, 7) is 3.65. The van der Waals surface area contributed by atoms with E-state index in [4.69, 9.17) is 0 Å². The molecule has 0 aliphatic heterocycles. The zero-order valence-corrected chi connectivity index (χ0v) is 28.3. The molecule has 0 spiro atoms. The third-order valence-electron chi connectivity index (χ3n) is 7.09. The van der Waals surface area contributed by atoms with Gasteiger partial charge in [-0.25, -0.2) is 4.98 Å². The Labute approximate surface area is 272 Å². The predicted molar refractivity (Wildman–Crippen MR) is 155 cm³/mol. The van der Waals surface area contributed by atoms with Gasteiger partial charge < -0.3 is 4.98 Å². The van der Waals surface area contributed by atoms with Crippen molar-refractivity contribution in [2.24, 2.45) is 0 Å². The largest absolute Gasteiger partial charge is 0.342 e. The average Bonchev–Trinajstić information content (AvgIpc) is 3.24. The molecule has 1 heterocycles. The fourth-order valence-corrected chi connectivity index (χ4v) is 5.63. The Bertz CT molecular complexity index is 1170. The Morgan fingerprint density at radius 1 is 0.789 bits per heavy atom. The Balaban J connectivity index is 0.00000722. The number of fused-ring (bicyclic) bond motifs is 1. The smallest absolute Gasteiger partial charge is 0.294 e. The van der Waals surface area contributed by atoms with E-state index >= 15 is 0 Å². The van der Waals surface area contributed by atoms with Crippen molar-refractivity contribution >= 4 is 82.7 Å². The minimum Gasteiger partial charge on any atom is -0.342 e. The van der Waals surface area contributed by atoms with Gasteiger partial charge in [0.05, 0.1) is 21.2 Å². The van der Waals surface area contributed by atoms with E-state index in [1.807, 2.05) is 0 Å². The van der Waals surface area contributed by atoms with E-state index in [1.165, 1.54) is 96.1 Å². The number of imidazole rings is 1. The van der Waals surface area contributed by atoms with E-state index in [0.29, 0.717) is 16.6 Å². The van der Waals surface area contributed by atoms with Crippen molar-refractivity contribution in [2.75, 3.05) is 0 Å². The number of rotatable bonds is 20. The monoisotopic (exact) mass is 597 g/mol. The van der Waals surface area contributed by atoms with Crippen LogP contribution in [0.1, 0.15) is 122 Å². The van der Waals surface area contributed by atoms with E-state index in [2.05, 4.69) is 16.9 Å². The fourth-order valence-electron chi connectivity index (χ4n) is 4.67. The van der Waals surface area contributed by atoms with Crippen molar-refractivity contribution in [3.63, 3.8) is 0 Å². The first-order valence-corrected chi connectivity index (χ1v) is 16.9. The van der Waals surface area contributed by atoms with E-state index in [0.717, 1.165) is 25.1 Å². The molecule has 213 valence electrons. The Hall–Kier alpha value is 0.146. The number of hydrogen-bond acceptors (Lipinski definition) is 5. The second kappa shape index (κ2) is 18.6. The second-order valence-electron chi connectivity index (χ2n) is 10.3. The first-order chi connectivity index (χ1) is 17.5. The third-order valence-corrected chi connectivity index (χ3v) is 9.18. The number of unbranched alkanes of at least 4 members (excludes halogenated alkanes) is 13. The molecule has 2 rings (SSSR count). The normalized spacial score (nSPS) is 13.1. The summed E-state index contributed by atoms with van der Waals surface area (Å²) in [5.74, 6) is 0.741. The van der Waals surface area contributed by atoms with Crippen LogP contribution in [0.3, 0.4) is 0 Å². The molecular formula is C27H46KN2O6S2. The molecule has 3 N–H and O–H groups in total. The van der Waals surface area contributed by atoms with Crippen LogP contribution in [0.2, 0.25) is 0 Å². The quantitative estimate of drug-likeness (QED) is 0.0881. The number of aromatic nitrogens is 2. The molecule has 1 unspecified atom stereocenters. The molecule has 2 aromatic rings. The van der Waals surface area contributed by atoms with Crippen LogP contribution in [0.4, 0.5) is 0 Å². The van der Waals surface area contributed by atoms with Crippen molar-refractivity contribution < 1.29 is 25.9 Å². The Kier molecular flexibility index (Phi) is 17.7. The molecular weight excluding hydrogens is 552 g/mol. The third kappa shape index (κ3) is 13.7. The standard InChI is InChI=1S/C27H46N2O6S2.K/c1-3-4-5-6-7-8-9-10-11-12-13-14-15-16-17-26-28-25-21-24(37(33,34)35)20-23(27(25)29-26)19-18-22(2)36(30,31)32;/h20-22H,3-19H2,1-2H3,(H,28,29)(H,30,31,32)(H,33,34,35);. The van der Waals surface area contributed by atoms with Crippen LogP contribution in [0.5, 0.6) is 0 Å². The van der Waals surface area contributed by atoms with Gasteiger partial charge in [0, 0.05) is 57.8 Å². The van der Waals surface area contributed by atoms with E-state index in [-0.39, 0.29) is 69.1 Å². The maximum Gasteiger partial charge on any atom is 0.294 e. The molecule has 0 bridgehead atoms. The van der Waals surface area contributed by atoms with Crippen LogP contribution in [-0.2, 0) is 33.1 Å². The van der Waals surface area contributed by atoms with Gasteiger partial charge in [0.25, 0.3) is 20.2 Å². The summed E-state index contributed by atoms with van der Waals surface area (Å²) in [7, 11) is -8.62. The van der Waals surface area contributed by atoms with Gasteiger partial charge in [0.2, 0.25) is 0 Å². The van der Waals surface area contributed by atoms with Gasteiger partial charge in [0.1, 0.15) is 5.82 Å². The molecule has 11 heteroatoms. The molecule has 0 fully saturated rings. The van der Waals surface area contributed by atoms with Crippen LogP contribution >= 0.6 is 0 Å². The number of H-pyrrole nitrogens is 1. The van der Waals surface area contributed by atoms with Gasteiger partial charge in [-0.05, 0) is 43.9 Å². The minimum absolute atomic E-state index is 0. The fraction of sp³-hybridized carbons (Fsp3) is 0.741. The van der Waals surface area contributed by atoms with Crippen LogP contribution in [0.25, 0.3) is 11.0 Å². The average molecular weight is 598 g/mol. The molecule has 0 saturated heterocycles. The van der Waals surface area contributed by atoms with Gasteiger partial charge in [-0.3, -0.25) is 9.11 Å². The second-order valence-corrected chi connectivity index (χ2v) is 13.6. The van der Waals surface area contributed by atoms with Crippen molar-refractivity contribution in [2.45, 2.75) is 133 Å². The molecule has 0 aliphatic carbocycles. The van der Waals surface area contributed by atoms with Crippen molar-refractivity contribution in [1.82, 2.24) is 9.97 Å². The number of aromatic amines is 1. The Morgan fingerprint density at radius 3 is 1.76 bits per heavy atom. The van der Waals surface area contributed by atoms with Gasteiger partial charge in [-0.15, -0.1) is 0 Å². The van der Waals surface area contributed by atoms with E-state index in [1.54, 1.807) is 0 Å². The van der Waals surface area contributed by atoms with Crippen molar-refractivity contribution in [3.8, 4) is 0 Å². The zero-order valence-electron chi connectivity index (χ0n) is 23.5. The van der Waals surface area contributed by atoms with Gasteiger partial charge in [0.15, 0.2) is 0 Å². The maximum absolute atomic E-state index is 11.7. The van der Waals surface area contributed by atoms with Crippen molar-refractivity contribution in [3.05, 3.63) is 23.5 Å². The number of nitrogens with zero attached hydrogens (tertiary/aromatic N) is 1. The molecule has 0 saturated carbocycles. The summed E-state index contributed by atoms with van der Waals surface area (Å²) in [5, 5.41) is -0.991. The predicted octanol–water partition coefficient (Wildman–Crippen LogP) is 6.66. The summed E-state index contributed by atoms with van der Waals surface area (Å²) in [5.41, 5.74) is 1.60. The topological polar surface area (TPSA) is 137 Å². The van der Waals surface area contributed by atoms with Crippen LogP contribution in [0, 0.1) is 0 Å². The molecule has 1 atom stereocenters. The zero-order chi connectivity index (χ0) is 27.3. The number of benzene rings is 1. The summed E-state index contributed by atoms with van der Waals surface area (Å²) >= 11 is 0. The van der Waals surface area contributed by atoms with Gasteiger partial charge >= 0.3 is 0 Å². The van der Waals surface area contributed by atoms with Gasteiger partial charge in [-0.2, -0.15) is 16.8 Å².